The molecule has 1 heterocycles. The van der Waals surface area contributed by atoms with E-state index in [9.17, 15) is 14.4 Å². The van der Waals surface area contributed by atoms with Crippen LogP contribution in [-0.2, 0) is 19.1 Å². The number of rotatable bonds is 7. The van der Waals surface area contributed by atoms with E-state index in [1.165, 1.54) is 18.2 Å². The topological polar surface area (TPSA) is 94.2 Å². The first kappa shape index (κ1) is 20.9. The highest BCUT2D eigenvalue weighted by atomic mass is 16.6. The third-order valence-corrected chi connectivity index (χ3v) is 4.35. The van der Waals surface area contributed by atoms with Crippen molar-refractivity contribution < 1.29 is 28.6 Å². The number of hydrazine groups is 1. The van der Waals surface area contributed by atoms with Crippen LogP contribution in [0.1, 0.15) is 19.4 Å². The van der Waals surface area contributed by atoms with Crippen molar-refractivity contribution >= 4 is 29.5 Å². The van der Waals surface area contributed by atoms with Gasteiger partial charge in [-0.15, -0.1) is 0 Å². The van der Waals surface area contributed by atoms with Gasteiger partial charge in [0.1, 0.15) is 5.57 Å². The van der Waals surface area contributed by atoms with Crippen LogP contribution in [0.15, 0.2) is 54.1 Å². The molecule has 2 aromatic carbocycles. The van der Waals surface area contributed by atoms with Gasteiger partial charge in [-0.1, -0.05) is 30.3 Å². The maximum atomic E-state index is 12.8. The molecule has 0 unspecified atom stereocenters. The summed E-state index contributed by atoms with van der Waals surface area (Å²) in [7, 11) is 1.46. The lowest BCUT2D eigenvalue weighted by atomic mass is 10.1. The average molecular weight is 410 g/mol. The number of nitrogens with one attached hydrogen (secondary N) is 1. The second kappa shape index (κ2) is 9.13. The van der Waals surface area contributed by atoms with Crippen molar-refractivity contribution in [2.24, 2.45) is 0 Å². The van der Waals surface area contributed by atoms with Crippen LogP contribution in [0.3, 0.4) is 0 Å². The van der Waals surface area contributed by atoms with Gasteiger partial charge in [-0.25, -0.2) is 9.80 Å². The first-order valence-corrected chi connectivity index (χ1v) is 9.38. The smallest absolute Gasteiger partial charge is 0.347 e. The monoisotopic (exact) mass is 410 g/mol. The van der Waals surface area contributed by atoms with E-state index < -0.39 is 23.9 Å². The van der Waals surface area contributed by atoms with Crippen LogP contribution in [0.5, 0.6) is 11.5 Å². The Kier molecular flexibility index (Phi) is 6.36. The van der Waals surface area contributed by atoms with E-state index in [2.05, 4.69) is 5.43 Å². The summed E-state index contributed by atoms with van der Waals surface area (Å²) in [5, 5.41) is 1.18. The summed E-state index contributed by atoms with van der Waals surface area (Å²) >= 11 is 0. The van der Waals surface area contributed by atoms with Crippen LogP contribution >= 0.6 is 0 Å². The minimum Gasteiger partial charge on any atom is -0.493 e. The summed E-state index contributed by atoms with van der Waals surface area (Å²) < 4.78 is 16.1. The van der Waals surface area contributed by atoms with Crippen molar-refractivity contribution in [3.8, 4) is 11.5 Å². The SMILES string of the molecule is CCOC(=O)[C@@H](C)Oc1c(/C=C2\C(=O)NN(c3ccccc3)C2=O)cccc1OC. The van der Waals surface area contributed by atoms with E-state index in [1.807, 2.05) is 6.07 Å². The first-order valence-electron chi connectivity index (χ1n) is 9.38. The zero-order valence-electron chi connectivity index (χ0n) is 16.9. The molecule has 2 amide bonds. The molecule has 8 nitrogen and oxygen atoms in total. The van der Waals surface area contributed by atoms with Crippen molar-refractivity contribution in [3.63, 3.8) is 0 Å². The van der Waals surface area contributed by atoms with E-state index in [4.69, 9.17) is 14.2 Å². The number of anilines is 1. The molecule has 1 aliphatic heterocycles. The van der Waals surface area contributed by atoms with Gasteiger partial charge < -0.3 is 14.2 Å². The molecule has 8 heteroatoms. The summed E-state index contributed by atoms with van der Waals surface area (Å²) in [6, 6.07) is 13.8. The van der Waals surface area contributed by atoms with Crippen LogP contribution in [-0.4, -0.2) is 37.6 Å². The molecule has 0 aromatic heterocycles. The number of nitrogens with zero attached hydrogens (tertiary/aromatic N) is 1. The molecular formula is C22H22N2O6. The van der Waals surface area contributed by atoms with Gasteiger partial charge in [0.25, 0.3) is 11.8 Å². The molecule has 156 valence electrons. The first-order chi connectivity index (χ1) is 14.5. The normalized spacial score (nSPS) is 15.7. The van der Waals surface area contributed by atoms with Gasteiger partial charge in [0.15, 0.2) is 17.6 Å². The van der Waals surface area contributed by atoms with Crippen LogP contribution < -0.4 is 19.9 Å². The molecule has 0 radical (unpaired) electrons. The maximum Gasteiger partial charge on any atom is 0.347 e. The zero-order chi connectivity index (χ0) is 21.7. The fourth-order valence-corrected chi connectivity index (χ4v) is 2.89. The number of benzene rings is 2. The lowest BCUT2D eigenvalue weighted by Gasteiger charge is -2.17. The number of carbonyl (C=O) groups is 3. The van der Waals surface area contributed by atoms with Gasteiger partial charge in [0, 0.05) is 5.56 Å². The highest BCUT2D eigenvalue weighted by Gasteiger charge is 2.34. The molecule has 1 atom stereocenters. The highest BCUT2D eigenvalue weighted by Crippen LogP contribution is 2.34. The number of methoxy groups -OCH3 is 1. The van der Waals surface area contributed by atoms with E-state index in [-0.39, 0.29) is 17.9 Å². The number of para-hydroxylation sites is 2. The minimum atomic E-state index is -0.910. The standard InChI is InChI=1S/C22H22N2O6/c1-4-29-22(27)14(2)30-19-15(9-8-12-18(19)28-3)13-17-20(25)23-24(21(17)26)16-10-6-5-7-11-16/h5-14H,4H2,1-3H3,(H,23,25)/b17-13+/t14-/m1/s1. The Morgan fingerprint density at radius 1 is 1.13 bits per heavy atom. The summed E-state index contributed by atoms with van der Waals surface area (Å²) in [6.07, 6.45) is 0.503. The van der Waals surface area contributed by atoms with E-state index in [0.717, 1.165) is 0 Å². The molecule has 1 N–H and O–H groups in total. The number of amides is 2. The molecule has 0 saturated carbocycles. The zero-order valence-corrected chi connectivity index (χ0v) is 16.9. The van der Waals surface area contributed by atoms with Crippen molar-refractivity contribution in [3.05, 3.63) is 59.7 Å². The van der Waals surface area contributed by atoms with Gasteiger partial charge >= 0.3 is 5.97 Å². The highest BCUT2D eigenvalue weighted by molar-refractivity contribution is 6.31. The molecule has 1 aliphatic rings. The Balaban J connectivity index is 1.95. The lowest BCUT2D eigenvalue weighted by molar-refractivity contribution is -0.150. The predicted molar refractivity (Wildman–Crippen MR) is 110 cm³/mol. The summed E-state index contributed by atoms with van der Waals surface area (Å²) in [5.74, 6) is -1.00. The Morgan fingerprint density at radius 2 is 1.87 bits per heavy atom. The fraction of sp³-hybridized carbons (Fsp3) is 0.227. The quantitative estimate of drug-likeness (QED) is 0.428. The van der Waals surface area contributed by atoms with Crippen LogP contribution in [0.4, 0.5) is 5.69 Å². The molecule has 3 rings (SSSR count). The molecule has 2 aromatic rings. The summed E-state index contributed by atoms with van der Waals surface area (Å²) in [4.78, 5) is 37.3. The van der Waals surface area contributed by atoms with Gasteiger partial charge in [-0.05, 0) is 38.1 Å². The van der Waals surface area contributed by atoms with E-state index in [1.54, 1.807) is 56.3 Å². The molecular weight excluding hydrogens is 388 g/mol. The largest absolute Gasteiger partial charge is 0.493 e. The van der Waals surface area contributed by atoms with Crippen molar-refractivity contribution in [2.75, 3.05) is 18.7 Å². The van der Waals surface area contributed by atoms with Crippen LogP contribution in [0.2, 0.25) is 0 Å². The molecule has 30 heavy (non-hydrogen) atoms. The molecule has 0 spiro atoms. The summed E-state index contributed by atoms with van der Waals surface area (Å²) in [5.41, 5.74) is 3.43. The minimum absolute atomic E-state index is 0.0688. The van der Waals surface area contributed by atoms with Crippen LogP contribution in [0, 0.1) is 0 Å². The Bertz CT molecular complexity index is 986. The second-order valence-electron chi connectivity index (χ2n) is 6.37. The van der Waals surface area contributed by atoms with Crippen molar-refractivity contribution in [1.29, 1.82) is 0 Å². The van der Waals surface area contributed by atoms with Gasteiger partial charge in [0.2, 0.25) is 0 Å². The van der Waals surface area contributed by atoms with Crippen molar-refractivity contribution in [1.82, 2.24) is 5.43 Å². The lowest BCUT2D eigenvalue weighted by Crippen LogP contribution is -2.35. The van der Waals surface area contributed by atoms with E-state index >= 15 is 0 Å². The van der Waals surface area contributed by atoms with Gasteiger partial charge in [0.05, 0.1) is 19.4 Å². The fourth-order valence-electron chi connectivity index (χ4n) is 2.89. The molecule has 1 saturated heterocycles. The van der Waals surface area contributed by atoms with Crippen molar-refractivity contribution in [2.45, 2.75) is 20.0 Å². The van der Waals surface area contributed by atoms with Gasteiger partial charge in [-0.2, -0.15) is 0 Å². The number of hydrogen-bond acceptors (Lipinski definition) is 6. The number of hydrogen-bond donors (Lipinski definition) is 1. The number of esters is 1. The average Bonchev–Trinajstić information content (AvgIpc) is 3.03. The van der Waals surface area contributed by atoms with Gasteiger partial charge in [-0.3, -0.25) is 15.0 Å². The molecule has 1 fully saturated rings. The van der Waals surface area contributed by atoms with E-state index in [0.29, 0.717) is 17.0 Å². The second-order valence-corrected chi connectivity index (χ2v) is 6.37. The molecule has 0 aliphatic carbocycles. The Morgan fingerprint density at radius 3 is 2.53 bits per heavy atom. The Labute approximate surface area is 174 Å². The maximum absolute atomic E-state index is 12.8. The molecule has 0 bridgehead atoms. The number of carbonyl (C=O) groups excluding carboxylic acids is 3. The third-order valence-electron chi connectivity index (χ3n) is 4.35. The predicted octanol–water partition coefficient (Wildman–Crippen LogP) is 2.49. The summed E-state index contributed by atoms with van der Waals surface area (Å²) in [6.45, 7) is 3.47. The third kappa shape index (κ3) is 4.27. The Hall–Kier alpha value is -3.81. The number of ether oxygens (including phenoxy) is 3. The van der Waals surface area contributed by atoms with Crippen LogP contribution in [0.25, 0.3) is 6.08 Å².